The Morgan fingerprint density at radius 1 is 1.08 bits per heavy atom. The van der Waals surface area contributed by atoms with E-state index in [0.29, 0.717) is 11.7 Å². The van der Waals surface area contributed by atoms with Gasteiger partial charge in [-0.1, -0.05) is 17.7 Å². The van der Waals surface area contributed by atoms with E-state index in [1.807, 2.05) is 36.6 Å². The fraction of sp³-hybridized carbons (Fsp3) is 0.200. The average Bonchev–Trinajstić information content (AvgIpc) is 2.65. The molecule has 0 radical (unpaired) electrons. The molecule has 0 saturated heterocycles. The van der Waals surface area contributed by atoms with E-state index in [1.165, 1.54) is 11.1 Å². The first-order chi connectivity index (χ1) is 12.2. The third-order valence-corrected chi connectivity index (χ3v) is 4.99. The van der Waals surface area contributed by atoms with Crippen LogP contribution in [0.25, 0.3) is 11.4 Å². The lowest BCUT2D eigenvalue weighted by atomic mass is 10.0. The first-order valence-electron chi connectivity index (χ1n) is 8.04. The van der Waals surface area contributed by atoms with E-state index in [1.54, 1.807) is 18.9 Å². The van der Waals surface area contributed by atoms with Crippen LogP contribution in [-0.4, -0.2) is 23.3 Å². The molecule has 1 aliphatic heterocycles. The second kappa shape index (κ2) is 6.41. The Morgan fingerprint density at radius 3 is 2.60 bits per heavy atom. The molecule has 4 nitrogen and oxygen atoms in total. The Labute approximate surface area is 151 Å². The van der Waals surface area contributed by atoms with E-state index < -0.39 is 0 Å². The van der Waals surface area contributed by atoms with Crippen LogP contribution in [0.15, 0.2) is 47.5 Å². The Kier molecular flexibility index (Phi) is 4.09. The number of thioether (sulfide) groups is 1. The van der Waals surface area contributed by atoms with Gasteiger partial charge in [0.05, 0.1) is 12.7 Å². The summed E-state index contributed by atoms with van der Waals surface area (Å²) in [4.78, 5) is 9.44. The van der Waals surface area contributed by atoms with Crippen LogP contribution in [0, 0.1) is 6.92 Å². The molecule has 2 aromatic carbocycles. The van der Waals surface area contributed by atoms with Gasteiger partial charge in [0, 0.05) is 12.0 Å². The van der Waals surface area contributed by atoms with E-state index in [2.05, 4.69) is 24.0 Å². The van der Waals surface area contributed by atoms with Gasteiger partial charge in [-0.2, -0.15) is 4.98 Å². The maximum atomic E-state index is 6.09. The lowest BCUT2D eigenvalue weighted by Crippen LogP contribution is -2.09. The van der Waals surface area contributed by atoms with Crippen molar-refractivity contribution in [1.82, 2.24) is 9.97 Å². The third-order valence-electron chi connectivity index (χ3n) is 4.26. The molecule has 126 valence electrons. The van der Waals surface area contributed by atoms with Gasteiger partial charge in [0.15, 0.2) is 5.82 Å². The number of rotatable bonds is 3. The molecule has 1 aliphatic rings. The predicted octanol–water partition coefficient (Wildman–Crippen LogP) is 4.88. The van der Waals surface area contributed by atoms with Gasteiger partial charge in [0.2, 0.25) is 5.88 Å². The summed E-state index contributed by atoms with van der Waals surface area (Å²) < 4.78 is 11.3. The molecule has 0 fully saturated rings. The second-order valence-corrected chi connectivity index (χ2v) is 6.75. The molecule has 0 amide bonds. The van der Waals surface area contributed by atoms with Gasteiger partial charge in [-0.3, -0.25) is 0 Å². The minimum Gasteiger partial charge on any atom is -0.497 e. The molecule has 0 aliphatic carbocycles. The maximum absolute atomic E-state index is 6.09. The quantitative estimate of drug-likeness (QED) is 0.389. The van der Waals surface area contributed by atoms with Gasteiger partial charge in [0.1, 0.15) is 16.5 Å². The molecule has 5 heteroatoms. The van der Waals surface area contributed by atoms with Crippen molar-refractivity contribution >= 4 is 11.8 Å². The van der Waals surface area contributed by atoms with Crippen LogP contribution in [0.5, 0.6) is 17.4 Å². The van der Waals surface area contributed by atoms with Gasteiger partial charge in [-0.05, 0) is 49.1 Å². The summed E-state index contributed by atoms with van der Waals surface area (Å²) in [6.45, 7) is 2.09. The Morgan fingerprint density at radius 2 is 1.88 bits per heavy atom. The molecule has 0 spiro atoms. The number of methoxy groups -OCH3 is 1. The van der Waals surface area contributed by atoms with Crippen molar-refractivity contribution in [1.29, 1.82) is 0 Å². The van der Waals surface area contributed by atoms with Crippen LogP contribution in [0.4, 0.5) is 0 Å². The first-order valence-corrected chi connectivity index (χ1v) is 9.27. The summed E-state index contributed by atoms with van der Waals surface area (Å²) in [5, 5.41) is 0.961. The Balaban J connectivity index is 1.78. The molecule has 0 atom stereocenters. The number of aryl methyl sites for hydroxylation is 1. The van der Waals surface area contributed by atoms with E-state index in [9.17, 15) is 0 Å². The lowest BCUT2D eigenvalue weighted by Gasteiger charge is -2.21. The van der Waals surface area contributed by atoms with Crippen LogP contribution >= 0.6 is 11.8 Å². The standard InChI is InChI=1S/C20H18N2O2S/c1-12-4-9-17-14(10-12)11-16-19(24-17)21-18(22-20(16)25-3)13-5-7-15(23-2)8-6-13/h4-10H,11H2,1-3H3. The molecular formula is C20H18N2O2S. The number of aromatic nitrogens is 2. The Bertz CT molecular complexity index is 939. The van der Waals surface area contributed by atoms with Crippen molar-refractivity contribution in [3.05, 3.63) is 59.2 Å². The number of ether oxygens (including phenoxy) is 2. The van der Waals surface area contributed by atoms with Crippen LogP contribution in [-0.2, 0) is 6.42 Å². The zero-order chi connectivity index (χ0) is 17.4. The van der Waals surface area contributed by atoms with Gasteiger partial charge in [-0.25, -0.2) is 4.98 Å². The molecule has 4 rings (SSSR count). The third kappa shape index (κ3) is 2.96. The van der Waals surface area contributed by atoms with Crippen molar-refractivity contribution in [2.24, 2.45) is 0 Å². The summed E-state index contributed by atoms with van der Waals surface area (Å²) in [6, 6.07) is 14.0. The SMILES string of the molecule is COc1ccc(-c2nc3c(c(SC)n2)Cc2cc(C)ccc2O3)cc1. The van der Waals surface area contributed by atoms with E-state index >= 15 is 0 Å². The fourth-order valence-electron chi connectivity index (χ4n) is 2.96. The van der Waals surface area contributed by atoms with Crippen molar-refractivity contribution < 1.29 is 9.47 Å². The van der Waals surface area contributed by atoms with E-state index in [-0.39, 0.29) is 0 Å². The molecule has 0 bridgehead atoms. The summed E-state index contributed by atoms with van der Waals surface area (Å²) in [7, 11) is 1.66. The van der Waals surface area contributed by atoms with Crippen LogP contribution in [0.1, 0.15) is 16.7 Å². The number of benzene rings is 2. The number of fused-ring (bicyclic) bond motifs is 2. The largest absolute Gasteiger partial charge is 0.497 e. The number of hydrogen-bond donors (Lipinski definition) is 0. The van der Waals surface area contributed by atoms with Crippen LogP contribution < -0.4 is 9.47 Å². The highest BCUT2D eigenvalue weighted by molar-refractivity contribution is 7.98. The van der Waals surface area contributed by atoms with Crippen LogP contribution in [0.2, 0.25) is 0 Å². The van der Waals surface area contributed by atoms with E-state index in [0.717, 1.165) is 34.1 Å². The van der Waals surface area contributed by atoms with Crippen molar-refractivity contribution in [3.63, 3.8) is 0 Å². The monoisotopic (exact) mass is 350 g/mol. The van der Waals surface area contributed by atoms with Gasteiger partial charge >= 0.3 is 0 Å². The molecule has 0 unspecified atom stereocenters. The lowest BCUT2D eigenvalue weighted by molar-refractivity contribution is 0.415. The smallest absolute Gasteiger partial charge is 0.227 e. The van der Waals surface area contributed by atoms with Crippen LogP contribution in [0.3, 0.4) is 0 Å². The molecule has 25 heavy (non-hydrogen) atoms. The average molecular weight is 350 g/mol. The number of hydrogen-bond acceptors (Lipinski definition) is 5. The molecule has 0 N–H and O–H groups in total. The van der Waals surface area contributed by atoms with Gasteiger partial charge < -0.3 is 9.47 Å². The first kappa shape index (κ1) is 16.0. The van der Waals surface area contributed by atoms with E-state index in [4.69, 9.17) is 14.5 Å². The molecule has 2 heterocycles. The van der Waals surface area contributed by atoms with Gasteiger partial charge in [0.25, 0.3) is 0 Å². The fourth-order valence-corrected chi connectivity index (χ4v) is 3.54. The molecule has 0 saturated carbocycles. The summed E-state index contributed by atoms with van der Waals surface area (Å²) >= 11 is 1.62. The Hall–Kier alpha value is -2.53. The summed E-state index contributed by atoms with van der Waals surface area (Å²) in [5.41, 5.74) is 4.41. The summed E-state index contributed by atoms with van der Waals surface area (Å²) in [5.74, 6) is 3.01. The maximum Gasteiger partial charge on any atom is 0.227 e. The zero-order valence-corrected chi connectivity index (χ0v) is 15.2. The van der Waals surface area contributed by atoms with Crippen molar-refractivity contribution in [2.45, 2.75) is 18.4 Å². The minimum atomic E-state index is 0.654. The summed E-state index contributed by atoms with van der Waals surface area (Å²) in [6.07, 6.45) is 2.83. The highest BCUT2D eigenvalue weighted by Crippen LogP contribution is 2.40. The van der Waals surface area contributed by atoms with Gasteiger partial charge in [-0.15, -0.1) is 11.8 Å². The second-order valence-electron chi connectivity index (χ2n) is 5.96. The normalized spacial score (nSPS) is 12.1. The molecular weight excluding hydrogens is 332 g/mol. The molecule has 1 aromatic heterocycles. The molecule has 3 aromatic rings. The zero-order valence-electron chi connectivity index (χ0n) is 14.4. The predicted molar refractivity (Wildman–Crippen MR) is 99.9 cm³/mol. The van der Waals surface area contributed by atoms with Crippen molar-refractivity contribution in [2.75, 3.05) is 13.4 Å². The highest BCUT2D eigenvalue weighted by atomic mass is 32.2. The number of nitrogens with zero attached hydrogens (tertiary/aromatic N) is 2. The van der Waals surface area contributed by atoms with Crippen molar-refractivity contribution in [3.8, 4) is 28.8 Å². The highest BCUT2D eigenvalue weighted by Gasteiger charge is 2.23. The topological polar surface area (TPSA) is 44.2 Å². The minimum absolute atomic E-state index is 0.654.